The molecular formula is C23H34N4O2. The van der Waals surface area contributed by atoms with Gasteiger partial charge in [-0.1, -0.05) is 26.0 Å². The van der Waals surface area contributed by atoms with E-state index >= 15 is 0 Å². The summed E-state index contributed by atoms with van der Waals surface area (Å²) in [4.78, 5) is 21.3. The molecule has 0 unspecified atom stereocenters. The van der Waals surface area contributed by atoms with Gasteiger partial charge in [-0.05, 0) is 36.0 Å². The fraction of sp³-hybridized carbons (Fsp3) is 0.609. The maximum Gasteiger partial charge on any atom is 0.240 e. The fourth-order valence-corrected chi connectivity index (χ4v) is 4.81. The first-order valence-electron chi connectivity index (χ1n) is 10.9. The second-order valence-electron chi connectivity index (χ2n) is 8.85. The predicted octanol–water partition coefficient (Wildman–Crippen LogP) is 2.56. The average Bonchev–Trinajstić information content (AvgIpc) is 3.06. The largest absolute Gasteiger partial charge is 0.383 e. The van der Waals surface area contributed by atoms with E-state index < -0.39 is 0 Å². The Hall–Kier alpha value is -1.89. The molecular weight excluding hydrogens is 364 g/mol. The van der Waals surface area contributed by atoms with Gasteiger partial charge in [-0.2, -0.15) is 0 Å². The number of ether oxygens (including phenoxy) is 1. The Kier molecular flexibility index (Phi) is 6.23. The summed E-state index contributed by atoms with van der Waals surface area (Å²) in [7, 11) is 1.74. The first-order chi connectivity index (χ1) is 14.1. The van der Waals surface area contributed by atoms with Crippen LogP contribution in [0.3, 0.4) is 0 Å². The van der Waals surface area contributed by atoms with Crippen molar-refractivity contribution in [2.24, 2.45) is 5.92 Å². The van der Waals surface area contributed by atoms with Crippen molar-refractivity contribution in [2.45, 2.75) is 38.8 Å². The number of hydrogen-bond acceptors (Lipinski definition) is 4. The molecule has 1 amide bonds. The number of piperazine rings is 1. The van der Waals surface area contributed by atoms with Crippen LogP contribution in [0.1, 0.15) is 37.4 Å². The van der Waals surface area contributed by atoms with Crippen LogP contribution in [-0.2, 0) is 16.0 Å². The van der Waals surface area contributed by atoms with E-state index in [4.69, 9.17) is 4.74 Å². The highest BCUT2D eigenvalue weighted by atomic mass is 16.5. The average molecular weight is 399 g/mol. The zero-order chi connectivity index (χ0) is 20.4. The number of nitrogens with zero attached hydrogens (tertiary/aromatic N) is 2. The van der Waals surface area contributed by atoms with Crippen molar-refractivity contribution >= 4 is 16.8 Å². The molecule has 29 heavy (non-hydrogen) atoms. The molecule has 1 aromatic heterocycles. The number of nitrogens with one attached hydrogen (secondary N) is 2. The second-order valence-corrected chi connectivity index (χ2v) is 8.85. The van der Waals surface area contributed by atoms with Gasteiger partial charge in [-0.15, -0.1) is 0 Å². The Balaban J connectivity index is 1.52. The third kappa shape index (κ3) is 4.34. The van der Waals surface area contributed by atoms with Crippen LogP contribution in [0.4, 0.5) is 0 Å². The van der Waals surface area contributed by atoms with Crippen LogP contribution in [0.25, 0.3) is 10.9 Å². The smallest absolute Gasteiger partial charge is 0.240 e. The summed E-state index contributed by atoms with van der Waals surface area (Å²) in [6.07, 6.45) is 3.86. The van der Waals surface area contributed by atoms with E-state index in [2.05, 4.69) is 53.4 Å². The molecule has 2 atom stereocenters. The Morgan fingerprint density at radius 3 is 2.76 bits per heavy atom. The van der Waals surface area contributed by atoms with Crippen molar-refractivity contribution in [2.75, 3.05) is 46.4 Å². The molecule has 158 valence electrons. The molecule has 2 aliphatic heterocycles. The number of aromatic amines is 1. The predicted molar refractivity (Wildman–Crippen MR) is 116 cm³/mol. The van der Waals surface area contributed by atoms with Gasteiger partial charge in [0.25, 0.3) is 0 Å². The third-order valence-electron chi connectivity index (χ3n) is 6.32. The number of carbonyl (C=O) groups excluding carboxylic acids is 1. The Morgan fingerprint density at radius 2 is 2.03 bits per heavy atom. The fourth-order valence-electron chi connectivity index (χ4n) is 4.81. The van der Waals surface area contributed by atoms with E-state index in [0.29, 0.717) is 5.92 Å². The van der Waals surface area contributed by atoms with Gasteiger partial charge in [-0.3, -0.25) is 15.0 Å². The first kappa shape index (κ1) is 20.4. The van der Waals surface area contributed by atoms with Crippen molar-refractivity contribution < 1.29 is 9.53 Å². The highest BCUT2D eigenvalue weighted by Crippen LogP contribution is 2.34. The van der Waals surface area contributed by atoms with Crippen molar-refractivity contribution in [1.82, 2.24) is 20.1 Å². The van der Waals surface area contributed by atoms with Crippen molar-refractivity contribution in [1.29, 1.82) is 0 Å². The van der Waals surface area contributed by atoms with Crippen LogP contribution in [0.5, 0.6) is 0 Å². The summed E-state index contributed by atoms with van der Waals surface area (Å²) in [6, 6.07) is 6.51. The molecule has 0 aliphatic carbocycles. The molecule has 1 saturated heterocycles. The zero-order valence-electron chi connectivity index (χ0n) is 17.9. The SMILES string of the molecule is COCCN1CCN(C(=O)[C@@H]2Cc3c[nH]c4cccc(c34)[C@H](CC(C)C)N2)CC1. The van der Waals surface area contributed by atoms with E-state index in [9.17, 15) is 4.79 Å². The van der Waals surface area contributed by atoms with Gasteiger partial charge < -0.3 is 14.6 Å². The highest BCUT2D eigenvalue weighted by Gasteiger charge is 2.33. The third-order valence-corrected chi connectivity index (χ3v) is 6.32. The van der Waals surface area contributed by atoms with Gasteiger partial charge in [0.1, 0.15) is 0 Å². The Morgan fingerprint density at radius 1 is 1.24 bits per heavy atom. The molecule has 4 rings (SSSR count). The minimum absolute atomic E-state index is 0.171. The topological polar surface area (TPSA) is 60.6 Å². The van der Waals surface area contributed by atoms with Crippen molar-refractivity contribution in [3.8, 4) is 0 Å². The standard InChI is InChI=1S/C23H34N4O2/c1-16(2)13-20-18-5-4-6-19-22(18)17(15-24-19)14-21(25-20)23(28)27-9-7-26(8-10-27)11-12-29-3/h4-6,15-16,20-21,24-25H,7-14H2,1-3H3/t20-,21-/m0/s1. The van der Waals surface area contributed by atoms with E-state index in [1.807, 2.05) is 4.90 Å². The highest BCUT2D eigenvalue weighted by molar-refractivity contribution is 5.90. The Bertz CT molecular complexity index is 839. The number of rotatable bonds is 6. The van der Waals surface area contributed by atoms with Crippen molar-refractivity contribution in [3.05, 3.63) is 35.5 Å². The summed E-state index contributed by atoms with van der Waals surface area (Å²) < 4.78 is 5.19. The molecule has 1 aromatic carbocycles. The van der Waals surface area contributed by atoms with Crippen LogP contribution >= 0.6 is 0 Å². The summed E-state index contributed by atoms with van der Waals surface area (Å²) in [6.45, 7) is 9.62. The summed E-state index contributed by atoms with van der Waals surface area (Å²) >= 11 is 0. The zero-order valence-corrected chi connectivity index (χ0v) is 17.9. The van der Waals surface area contributed by atoms with Gasteiger partial charge in [0.2, 0.25) is 5.91 Å². The molecule has 2 aromatic rings. The lowest BCUT2D eigenvalue weighted by atomic mass is 9.94. The van der Waals surface area contributed by atoms with E-state index in [1.54, 1.807) is 7.11 Å². The first-order valence-corrected chi connectivity index (χ1v) is 10.9. The molecule has 0 bridgehead atoms. The summed E-state index contributed by atoms with van der Waals surface area (Å²) in [5, 5.41) is 5.05. The van der Waals surface area contributed by atoms with Crippen LogP contribution in [-0.4, -0.2) is 73.2 Å². The normalized spacial score (nSPS) is 23.0. The number of hydrogen-bond donors (Lipinski definition) is 2. The van der Waals surface area contributed by atoms with E-state index in [-0.39, 0.29) is 18.0 Å². The molecule has 2 aliphatic rings. The van der Waals surface area contributed by atoms with Crippen molar-refractivity contribution in [3.63, 3.8) is 0 Å². The summed E-state index contributed by atoms with van der Waals surface area (Å²) in [5.41, 5.74) is 3.76. The maximum atomic E-state index is 13.5. The molecule has 1 fully saturated rings. The molecule has 6 nitrogen and oxygen atoms in total. The van der Waals surface area contributed by atoms with Gasteiger partial charge in [-0.25, -0.2) is 0 Å². The minimum Gasteiger partial charge on any atom is -0.383 e. The number of benzene rings is 1. The van der Waals surface area contributed by atoms with Crippen LogP contribution in [0.15, 0.2) is 24.4 Å². The quantitative estimate of drug-likeness (QED) is 0.785. The number of H-pyrrole nitrogens is 1. The molecule has 0 radical (unpaired) electrons. The lowest BCUT2D eigenvalue weighted by molar-refractivity contribution is -0.135. The molecule has 3 heterocycles. The van der Waals surface area contributed by atoms with E-state index in [1.165, 1.54) is 22.0 Å². The van der Waals surface area contributed by atoms with Crippen LogP contribution < -0.4 is 5.32 Å². The lowest BCUT2D eigenvalue weighted by Crippen LogP contribution is -2.55. The van der Waals surface area contributed by atoms with Crippen LogP contribution in [0, 0.1) is 5.92 Å². The number of methoxy groups -OCH3 is 1. The number of carbonyl (C=O) groups is 1. The number of amides is 1. The molecule has 0 saturated carbocycles. The molecule has 0 spiro atoms. The molecule has 6 heteroatoms. The minimum atomic E-state index is -0.171. The van der Waals surface area contributed by atoms with Gasteiger partial charge in [0, 0.05) is 63.0 Å². The van der Waals surface area contributed by atoms with Crippen LogP contribution in [0.2, 0.25) is 0 Å². The van der Waals surface area contributed by atoms with E-state index in [0.717, 1.165) is 52.2 Å². The van der Waals surface area contributed by atoms with Gasteiger partial charge in [0.15, 0.2) is 0 Å². The lowest BCUT2D eigenvalue weighted by Gasteiger charge is -2.37. The summed E-state index contributed by atoms with van der Waals surface area (Å²) in [5.74, 6) is 0.802. The monoisotopic (exact) mass is 398 g/mol. The van der Waals surface area contributed by atoms with Gasteiger partial charge >= 0.3 is 0 Å². The number of aromatic nitrogens is 1. The second kappa shape index (κ2) is 8.86. The Labute approximate surface area is 173 Å². The van der Waals surface area contributed by atoms with Gasteiger partial charge in [0.05, 0.1) is 12.6 Å². The maximum absolute atomic E-state index is 13.5. The molecule has 2 N–H and O–H groups in total.